The second kappa shape index (κ2) is 8.39. The molecule has 1 heterocycles. The lowest BCUT2D eigenvalue weighted by Gasteiger charge is -2.25. The first-order valence-electron chi connectivity index (χ1n) is 8.54. The molecule has 2 aromatic rings. The van der Waals surface area contributed by atoms with E-state index in [4.69, 9.17) is 9.47 Å². The number of anilines is 1. The summed E-state index contributed by atoms with van der Waals surface area (Å²) in [7, 11) is -1.74. The summed E-state index contributed by atoms with van der Waals surface area (Å²) in [4.78, 5) is 23.4. The minimum atomic E-state index is -4.15. The van der Waals surface area contributed by atoms with E-state index in [0.717, 1.165) is 11.4 Å². The zero-order chi connectivity index (χ0) is 21.0. The molecular formula is C19H19NO8S. The third-order valence-corrected chi connectivity index (χ3v) is 5.95. The van der Waals surface area contributed by atoms with Crippen LogP contribution in [0, 0.1) is 0 Å². The molecule has 0 saturated carbocycles. The van der Waals surface area contributed by atoms with Gasteiger partial charge in [-0.05, 0) is 36.4 Å². The molecule has 1 aliphatic rings. The summed E-state index contributed by atoms with van der Waals surface area (Å²) in [6, 6.07) is 9.84. The molecule has 10 heteroatoms. The van der Waals surface area contributed by atoms with E-state index in [1.807, 2.05) is 0 Å². The summed E-state index contributed by atoms with van der Waals surface area (Å²) >= 11 is 0. The van der Waals surface area contributed by atoms with Crippen LogP contribution in [-0.4, -0.2) is 54.3 Å². The lowest BCUT2D eigenvalue weighted by Crippen LogP contribution is -2.36. The van der Waals surface area contributed by atoms with E-state index in [1.165, 1.54) is 49.6 Å². The number of sulfonamides is 1. The van der Waals surface area contributed by atoms with Gasteiger partial charge in [-0.3, -0.25) is 9.10 Å². The quantitative estimate of drug-likeness (QED) is 0.648. The van der Waals surface area contributed by atoms with E-state index >= 15 is 0 Å². The molecule has 0 radical (unpaired) electrons. The summed E-state index contributed by atoms with van der Waals surface area (Å²) in [6.45, 7) is 0.127. The molecule has 0 N–H and O–H groups in total. The van der Waals surface area contributed by atoms with Crippen molar-refractivity contribution in [1.82, 2.24) is 0 Å². The fourth-order valence-electron chi connectivity index (χ4n) is 2.69. The minimum absolute atomic E-state index is 0.0808. The van der Waals surface area contributed by atoms with Crippen LogP contribution in [0.25, 0.3) is 0 Å². The Hall–Kier alpha value is -3.27. The van der Waals surface area contributed by atoms with Crippen LogP contribution in [0.4, 0.5) is 5.69 Å². The Morgan fingerprint density at radius 2 is 1.62 bits per heavy atom. The number of esters is 2. The number of carbonyl (C=O) groups excluding carboxylic acids is 2. The van der Waals surface area contributed by atoms with Crippen LogP contribution in [0.3, 0.4) is 0 Å². The van der Waals surface area contributed by atoms with Gasteiger partial charge in [-0.1, -0.05) is 0 Å². The maximum Gasteiger partial charge on any atom is 0.337 e. The molecule has 0 aliphatic carbocycles. The predicted octanol–water partition coefficient (Wildman–Crippen LogP) is 1.61. The molecule has 154 valence electrons. The van der Waals surface area contributed by atoms with Gasteiger partial charge in [-0.25, -0.2) is 13.2 Å². The van der Waals surface area contributed by atoms with Crippen LogP contribution in [-0.2, 0) is 24.3 Å². The lowest BCUT2D eigenvalue weighted by molar-refractivity contribution is -0.138. The van der Waals surface area contributed by atoms with E-state index < -0.39 is 28.5 Å². The molecule has 29 heavy (non-hydrogen) atoms. The SMILES string of the molecule is COC(=O)CN(c1ccc(C(=O)OC)cc1)S(=O)(=O)c1ccc2c(c1)OCCO2. The molecule has 0 saturated heterocycles. The Morgan fingerprint density at radius 1 is 0.966 bits per heavy atom. The number of methoxy groups -OCH3 is 2. The highest BCUT2D eigenvalue weighted by molar-refractivity contribution is 7.92. The first kappa shape index (κ1) is 20.5. The number of rotatable bonds is 6. The highest BCUT2D eigenvalue weighted by Crippen LogP contribution is 2.34. The average molecular weight is 421 g/mol. The molecule has 1 aliphatic heterocycles. The number of benzene rings is 2. The van der Waals surface area contributed by atoms with Gasteiger partial charge in [0.05, 0.1) is 30.4 Å². The molecule has 2 aromatic carbocycles. The van der Waals surface area contributed by atoms with Crippen molar-refractivity contribution in [2.45, 2.75) is 4.90 Å². The second-order valence-electron chi connectivity index (χ2n) is 5.93. The standard InChI is InChI=1S/C19H19NO8S/c1-25-18(21)12-20(14-5-3-13(4-6-14)19(22)26-2)29(23,24)15-7-8-16-17(11-15)28-10-9-27-16/h3-8,11H,9-10,12H2,1-2H3. The molecule has 3 rings (SSSR count). The molecular weight excluding hydrogens is 402 g/mol. The molecule has 0 amide bonds. The van der Waals surface area contributed by atoms with Crippen LogP contribution in [0.15, 0.2) is 47.4 Å². The van der Waals surface area contributed by atoms with Crippen LogP contribution < -0.4 is 13.8 Å². The smallest absolute Gasteiger partial charge is 0.337 e. The van der Waals surface area contributed by atoms with Crippen molar-refractivity contribution in [2.24, 2.45) is 0 Å². The fraction of sp³-hybridized carbons (Fsp3) is 0.263. The van der Waals surface area contributed by atoms with Crippen molar-refractivity contribution in [3.05, 3.63) is 48.0 Å². The Balaban J connectivity index is 2.01. The zero-order valence-electron chi connectivity index (χ0n) is 15.8. The first-order valence-corrected chi connectivity index (χ1v) is 9.98. The summed E-state index contributed by atoms with van der Waals surface area (Å²) < 4.78 is 47.6. The van der Waals surface area contributed by atoms with Crippen LogP contribution in [0.1, 0.15) is 10.4 Å². The maximum absolute atomic E-state index is 13.3. The Bertz CT molecular complexity index is 1020. The van der Waals surface area contributed by atoms with Gasteiger partial charge in [0.1, 0.15) is 19.8 Å². The summed E-state index contributed by atoms with van der Waals surface area (Å²) in [5, 5.41) is 0. The Kier molecular flexibility index (Phi) is 5.92. The lowest BCUT2D eigenvalue weighted by atomic mass is 10.2. The Labute approximate surface area is 167 Å². The first-order chi connectivity index (χ1) is 13.9. The van der Waals surface area contributed by atoms with Crippen LogP contribution >= 0.6 is 0 Å². The number of hydrogen-bond acceptors (Lipinski definition) is 8. The molecule has 0 atom stereocenters. The molecule has 0 spiro atoms. The van der Waals surface area contributed by atoms with Crippen molar-refractivity contribution in [3.8, 4) is 11.5 Å². The number of ether oxygens (including phenoxy) is 4. The monoisotopic (exact) mass is 421 g/mol. The molecule has 0 unspecified atom stereocenters. The molecule has 0 aromatic heterocycles. The van der Waals surface area contributed by atoms with Gasteiger partial charge in [0.2, 0.25) is 0 Å². The third kappa shape index (κ3) is 4.27. The average Bonchev–Trinajstić information content (AvgIpc) is 2.76. The highest BCUT2D eigenvalue weighted by Gasteiger charge is 2.29. The topological polar surface area (TPSA) is 108 Å². The minimum Gasteiger partial charge on any atom is -0.486 e. The van der Waals surface area contributed by atoms with Gasteiger partial charge >= 0.3 is 11.9 Å². The molecule has 0 fully saturated rings. The zero-order valence-corrected chi connectivity index (χ0v) is 16.6. The second-order valence-corrected chi connectivity index (χ2v) is 7.79. The maximum atomic E-state index is 13.3. The van der Waals surface area contributed by atoms with Crippen LogP contribution in [0.2, 0.25) is 0 Å². The van der Waals surface area contributed by atoms with E-state index in [9.17, 15) is 18.0 Å². The fourth-order valence-corrected chi connectivity index (χ4v) is 4.11. The van der Waals surface area contributed by atoms with Gasteiger partial charge < -0.3 is 18.9 Å². The number of nitrogens with zero attached hydrogens (tertiary/aromatic N) is 1. The third-order valence-electron chi connectivity index (χ3n) is 4.18. The molecule has 0 bridgehead atoms. The Morgan fingerprint density at radius 3 is 2.24 bits per heavy atom. The van der Waals surface area contributed by atoms with Crippen molar-refractivity contribution < 1.29 is 37.0 Å². The van der Waals surface area contributed by atoms with E-state index in [0.29, 0.717) is 24.7 Å². The van der Waals surface area contributed by atoms with Gasteiger partial charge in [0, 0.05) is 6.07 Å². The molecule has 9 nitrogen and oxygen atoms in total. The number of fused-ring (bicyclic) bond motifs is 1. The number of hydrogen-bond donors (Lipinski definition) is 0. The van der Waals surface area contributed by atoms with Gasteiger partial charge in [0.25, 0.3) is 10.0 Å². The van der Waals surface area contributed by atoms with Crippen molar-refractivity contribution in [3.63, 3.8) is 0 Å². The summed E-state index contributed by atoms with van der Waals surface area (Å²) in [5.41, 5.74) is 0.420. The van der Waals surface area contributed by atoms with Crippen molar-refractivity contribution in [2.75, 3.05) is 38.3 Å². The van der Waals surface area contributed by atoms with Gasteiger partial charge in [-0.15, -0.1) is 0 Å². The van der Waals surface area contributed by atoms with Crippen LogP contribution in [0.5, 0.6) is 11.5 Å². The largest absolute Gasteiger partial charge is 0.486 e. The van der Waals surface area contributed by atoms with Crippen molar-refractivity contribution in [1.29, 1.82) is 0 Å². The van der Waals surface area contributed by atoms with Gasteiger partial charge in [0.15, 0.2) is 11.5 Å². The van der Waals surface area contributed by atoms with Gasteiger partial charge in [-0.2, -0.15) is 0 Å². The van der Waals surface area contributed by atoms with E-state index in [1.54, 1.807) is 0 Å². The van der Waals surface area contributed by atoms with E-state index in [-0.39, 0.29) is 16.1 Å². The summed E-state index contributed by atoms with van der Waals surface area (Å²) in [6.07, 6.45) is 0. The number of carbonyl (C=O) groups is 2. The summed E-state index contributed by atoms with van der Waals surface area (Å²) in [5.74, 6) is -0.567. The normalized spacial score (nSPS) is 12.8. The van der Waals surface area contributed by atoms with E-state index in [2.05, 4.69) is 9.47 Å². The predicted molar refractivity (Wildman–Crippen MR) is 102 cm³/mol. The van der Waals surface area contributed by atoms with Crippen molar-refractivity contribution >= 4 is 27.6 Å². The highest BCUT2D eigenvalue weighted by atomic mass is 32.2.